The lowest BCUT2D eigenvalue weighted by Gasteiger charge is -2.13. The van der Waals surface area contributed by atoms with E-state index in [1.165, 1.54) is 25.5 Å². The van der Waals surface area contributed by atoms with Crippen molar-refractivity contribution in [3.63, 3.8) is 0 Å². The van der Waals surface area contributed by atoms with Gasteiger partial charge in [0.25, 0.3) is 5.69 Å². The monoisotopic (exact) mass is 679 g/mol. The predicted molar refractivity (Wildman–Crippen MR) is 145 cm³/mol. The number of carbonyl (C=O) groups is 1. The Kier molecular flexibility index (Phi) is 8.07. The number of hydrazone groups is 1. The smallest absolute Gasteiger partial charge is 0.307 e. The third kappa shape index (κ3) is 5.94. The molecule has 3 aromatic carbocycles. The van der Waals surface area contributed by atoms with Gasteiger partial charge in [-0.25, -0.2) is 5.43 Å². The van der Waals surface area contributed by atoms with E-state index >= 15 is 0 Å². The van der Waals surface area contributed by atoms with E-state index in [2.05, 4.69) is 58.3 Å². The zero-order valence-corrected chi connectivity index (χ0v) is 23.2. The first kappa shape index (κ1) is 25.9. The largest absolute Gasteiger partial charge is 0.493 e. The molecule has 0 atom stereocenters. The highest BCUT2D eigenvalue weighted by atomic mass is 79.9. The van der Waals surface area contributed by atoms with Gasteiger partial charge in [-0.3, -0.25) is 14.9 Å². The summed E-state index contributed by atoms with van der Waals surface area (Å²) in [5.74, 6) is 0.442. The number of hydrogen-bond acceptors (Lipinski definition) is 7. The highest BCUT2D eigenvalue weighted by molar-refractivity contribution is 9.11. The summed E-state index contributed by atoms with van der Waals surface area (Å²) >= 11 is 10.3. The highest BCUT2D eigenvalue weighted by Gasteiger charge is 2.15. The van der Waals surface area contributed by atoms with Crippen molar-refractivity contribution in [1.82, 2.24) is 5.43 Å². The standard InChI is InChI=1S/C24H16Br3N3O6/c1-34-20-7-14(6-18(26)23(20)35-12-13-3-2-4-17(5-13)30(32)33)11-28-29-24(31)21-9-15-8-16(25)10-19(27)22(15)36-21/h2-11H,12H2,1H3,(H,29,31)/b28-11-. The van der Waals surface area contributed by atoms with Crippen LogP contribution in [0.15, 0.2) is 77.5 Å². The van der Waals surface area contributed by atoms with E-state index in [1.54, 1.807) is 30.3 Å². The van der Waals surface area contributed by atoms with Crippen LogP contribution in [0.5, 0.6) is 11.5 Å². The van der Waals surface area contributed by atoms with Gasteiger partial charge in [0.05, 0.1) is 27.2 Å². The summed E-state index contributed by atoms with van der Waals surface area (Å²) in [5.41, 5.74) is 4.24. The molecule has 184 valence electrons. The summed E-state index contributed by atoms with van der Waals surface area (Å²) in [6.45, 7) is 0.102. The first-order chi connectivity index (χ1) is 17.2. The number of halogens is 3. The molecule has 0 saturated carbocycles. The third-order valence-electron chi connectivity index (χ3n) is 4.90. The molecule has 36 heavy (non-hydrogen) atoms. The first-order valence-electron chi connectivity index (χ1n) is 10.2. The molecular weight excluding hydrogens is 666 g/mol. The molecule has 0 fully saturated rings. The van der Waals surface area contributed by atoms with Crippen LogP contribution in [-0.4, -0.2) is 24.2 Å². The molecule has 0 unspecified atom stereocenters. The number of nitro benzene ring substituents is 1. The Bertz CT molecular complexity index is 1500. The van der Waals surface area contributed by atoms with Crippen molar-refractivity contribution in [2.45, 2.75) is 6.61 Å². The van der Waals surface area contributed by atoms with E-state index in [9.17, 15) is 14.9 Å². The van der Waals surface area contributed by atoms with Crippen molar-refractivity contribution in [3.8, 4) is 11.5 Å². The highest BCUT2D eigenvalue weighted by Crippen LogP contribution is 2.37. The Morgan fingerprint density at radius 1 is 1.14 bits per heavy atom. The number of nitro groups is 1. The molecule has 1 amide bonds. The number of methoxy groups -OCH3 is 1. The van der Waals surface area contributed by atoms with Crippen molar-refractivity contribution in [3.05, 3.63) is 95.0 Å². The molecule has 0 aliphatic carbocycles. The predicted octanol–water partition coefficient (Wildman–Crippen LogP) is 6.98. The molecular formula is C24H16Br3N3O6. The van der Waals surface area contributed by atoms with Crippen molar-refractivity contribution >= 4 is 76.6 Å². The van der Waals surface area contributed by atoms with Crippen LogP contribution in [0.1, 0.15) is 21.7 Å². The van der Waals surface area contributed by atoms with Crippen molar-refractivity contribution in [2.24, 2.45) is 5.10 Å². The molecule has 4 aromatic rings. The zero-order valence-electron chi connectivity index (χ0n) is 18.5. The molecule has 0 aliphatic rings. The molecule has 0 bridgehead atoms. The SMILES string of the molecule is COc1cc(/C=N\NC(=O)c2cc3cc(Br)cc(Br)c3o2)cc(Br)c1OCc1cccc([N+](=O)[O-])c1. The molecule has 9 nitrogen and oxygen atoms in total. The lowest BCUT2D eigenvalue weighted by atomic mass is 10.2. The number of amides is 1. The number of furan rings is 1. The average Bonchev–Trinajstić information content (AvgIpc) is 3.28. The van der Waals surface area contributed by atoms with E-state index < -0.39 is 10.8 Å². The van der Waals surface area contributed by atoms with Crippen molar-refractivity contribution in [2.75, 3.05) is 7.11 Å². The van der Waals surface area contributed by atoms with E-state index in [1.807, 2.05) is 12.1 Å². The first-order valence-corrected chi connectivity index (χ1v) is 12.6. The number of ether oxygens (including phenoxy) is 2. The normalized spacial score (nSPS) is 11.1. The minimum atomic E-state index is -0.506. The van der Waals surface area contributed by atoms with Crippen LogP contribution in [0.3, 0.4) is 0 Å². The quantitative estimate of drug-likeness (QED) is 0.122. The van der Waals surface area contributed by atoms with Crippen LogP contribution >= 0.6 is 47.8 Å². The third-order valence-corrected chi connectivity index (χ3v) is 6.53. The second-order valence-corrected chi connectivity index (χ2v) is 9.99. The van der Waals surface area contributed by atoms with Gasteiger partial charge < -0.3 is 13.9 Å². The molecule has 12 heteroatoms. The second kappa shape index (κ2) is 11.2. The van der Waals surface area contributed by atoms with Crippen molar-refractivity contribution < 1.29 is 23.6 Å². The minimum absolute atomic E-state index is 0.0149. The number of fused-ring (bicyclic) bond motifs is 1. The van der Waals surface area contributed by atoms with Gasteiger partial charge in [-0.05, 0) is 73.3 Å². The molecule has 0 radical (unpaired) electrons. The number of benzene rings is 3. The van der Waals surface area contributed by atoms with Gasteiger partial charge in [0.15, 0.2) is 17.3 Å². The van der Waals surface area contributed by atoms with Crippen LogP contribution in [-0.2, 0) is 6.61 Å². The van der Waals surface area contributed by atoms with Gasteiger partial charge in [-0.2, -0.15) is 5.10 Å². The molecule has 0 aliphatic heterocycles. The number of carbonyl (C=O) groups excluding carboxylic acids is 1. The van der Waals surface area contributed by atoms with Gasteiger partial charge in [0, 0.05) is 22.0 Å². The number of hydrogen-bond donors (Lipinski definition) is 1. The summed E-state index contributed by atoms with van der Waals surface area (Å²) in [4.78, 5) is 23.0. The molecule has 1 N–H and O–H groups in total. The summed E-state index contributed by atoms with van der Waals surface area (Å²) < 4.78 is 19.1. The Hall–Kier alpha value is -3.22. The number of rotatable bonds is 8. The number of nitrogens with one attached hydrogen (secondary N) is 1. The Morgan fingerprint density at radius 3 is 2.69 bits per heavy atom. The fourth-order valence-electron chi connectivity index (χ4n) is 3.28. The molecule has 0 spiro atoms. The maximum absolute atomic E-state index is 12.5. The lowest BCUT2D eigenvalue weighted by molar-refractivity contribution is -0.384. The topological polar surface area (TPSA) is 116 Å². The van der Waals surface area contributed by atoms with E-state index in [0.29, 0.717) is 32.7 Å². The zero-order chi connectivity index (χ0) is 25.8. The second-order valence-electron chi connectivity index (χ2n) is 7.37. The van der Waals surface area contributed by atoms with Crippen LogP contribution < -0.4 is 14.9 Å². The maximum atomic E-state index is 12.5. The van der Waals surface area contributed by atoms with Gasteiger partial charge in [0.2, 0.25) is 0 Å². The summed E-state index contributed by atoms with van der Waals surface area (Å²) in [5, 5.41) is 15.8. The van der Waals surface area contributed by atoms with Crippen LogP contribution in [0.2, 0.25) is 0 Å². The van der Waals surface area contributed by atoms with Crippen molar-refractivity contribution in [1.29, 1.82) is 0 Å². The molecule has 0 saturated heterocycles. The fraction of sp³-hybridized carbons (Fsp3) is 0.0833. The Morgan fingerprint density at radius 2 is 1.94 bits per heavy atom. The van der Waals surface area contributed by atoms with Gasteiger partial charge in [0.1, 0.15) is 12.2 Å². The number of nitrogens with zero attached hydrogens (tertiary/aromatic N) is 2. The van der Waals surface area contributed by atoms with E-state index in [0.717, 1.165) is 14.3 Å². The van der Waals surface area contributed by atoms with Crippen LogP contribution in [0.25, 0.3) is 11.0 Å². The van der Waals surface area contributed by atoms with Crippen LogP contribution in [0, 0.1) is 10.1 Å². The summed E-state index contributed by atoms with van der Waals surface area (Å²) in [7, 11) is 1.49. The molecule has 4 rings (SSSR count). The van der Waals surface area contributed by atoms with Crippen LogP contribution in [0.4, 0.5) is 5.69 Å². The molecule has 1 aromatic heterocycles. The Labute approximate surface area is 230 Å². The maximum Gasteiger partial charge on any atom is 0.307 e. The number of non-ortho nitro benzene ring substituents is 1. The Balaban J connectivity index is 1.45. The minimum Gasteiger partial charge on any atom is -0.493 e. The average molecular weight is 682 g/mol. The van der Waals surface area contributed by atoms with E-state index in [4.69, 9.17) is 13.9 Å². The summed E-state index contributed by atoms with van der Waals surface area (Å²) in [6.07, 6.45) is 1.45. The van der Waals surface area contributed by atoms with Gasteiger partial charge >= 0.3 is 5.91 Å². The molecule has 1 heterocycles. The fourth-order valence-corrected chi connectivity index (χ4v) is 5.19. The van der Waals surface area contributed by atoms with E-state index in [-0.39, 0.29) is 18.1 Å². The van der Waals surface area contributed by atoms with Gasteiger partial charge in [-0.15, -0.1) is 0 Å². The lowest BCUT2D eigenvalue weighted by Crippen LogP contribution is -2.16. The van der Waals surface area contributed by atoms with Gasteiger partial charge in [-0.1, -0.05) is 28.1 Å². The summed E-state index contributed by atoms with van der Waals surface area (Å²) in [6, 6.07) is 14.9.